The number of hydrogen-bond donors (Lipinski definition) is 1. The van der Waals surface area contributed by atoms with E-state index in [4.69, 9.17) is 9.98 Å². The molecule has 2 heterocycles. The van der Waals surface area contributed by atoms with Crippen molar-refractivity contribution in [3.05, 3.63) is 45.2 Å². The summed E-state index contributed by atoms with van der Waals surface area (Å²) in [5, 5.41) is 4.57. The van der Waals surface area contributed by atoms with Gasteiger partial charge in [0.15, 0.2) is 5.96 Å². The number of fused-ring (bicyclic) bond motifs is 1. The maximum absolute atomic E-state index is 4.85. The molecule has 0 aromatic carbocycles. The number of nitrogens with zero attached hydrogens (tertiary/aromatic N) is 4. The first-order chi connectivity index (χ1) is 12.2. The van der Waals surface area contributed by atoms with Crippen LogP contribution in [0.15, 0.2) is 23.3 Å². The third-order valence-electron chi connectivity index (χ3n) is 4.46. The van der Waals surface area contributed by atoms with Crippen molar-refractivity contribution in [2.45, 2.75) is 52.6 Å². The van der Waals surface area contributed by atoms with Gasteiger partial charge < -0.3 is 10.2 Å². The van der Waals surface area contributed by atoms with E-state index in [2.05, 4.69) is 42.2 Å². The van der Waals surface area contributed by atoms with Crippen molar-refractivity contribution in [3.63, 3.8) is 0 Å². The van der Waals surface area contributed by atoms with Crippen molar-refractivity contribution in [2.75, 3.05) is 13.6 Å². The highest BCUT2D eigenvalue weighted by Crippen LogP contribution is 2.27. The third kappa shape index (κ3) is 5.39. The van der Waals surface area contributed by atoms with E-state index in [1.165, 1.54) is 40.4 Å². The molecule has 0 aliphatic heterocycles. The standard InChI is InChI=1S/C19H27N5S.HI/c1-4-20-19(22-12-16-14(2)8-7-11-21-16)24(3)13-18-23-15-9-5-6-10-17(15)25-18;/h7-8,11H,4-6,9-10,12-13H2,1-3H3,(H,20,22);1H. The lowest BCUT2D eigenvalue weighted by Gasteiger charge is -2.21. The molecular weight excluding hydrogens is 457 g/mol. The number of aromatic nitrogens is 2. The van der Waals surface area contributed by atoms with Gasteiger partial charge in [0, 0.05) is 24.7 Å². The zero-order valence-electron chi connectivity index (χ0n) is 15.8. The molecule has 1 N–H and O–H groups in total. The maximum atomic E-state index is 4.85. The van der Waals surface area contributed by atoms with Gasteiger partial charge in [-0.15, -0.1) is 35.3 Å². The van der Waals surface area contributed by atoms with Crippen LogP contribution in [-0.4, -0.2) is 34.4 Å². The lowest BCUT2D eigenvalue weighted by Crippen LogP contribution is -2.38. The predicted molar refractivity (Wildman–Crippen MR) is 119 cm³/mol. The Bertz CT molecular complexity index is 720. The zero-order valence-corrected chi connectivity index (χ0v) is 18.9. The molecule has 0 bridgehead atoms. The molecule has 2 aromatic heterocycles. The molecule has 0 saturated carbocycles. The Morgan fingerprint density at radius 2 is 2.15 bits per heavy atom. The minimum absolute atomic E-state index is 0. The second-order valence-corrected chi connectivity index (χ2v) is 7.65. The second kappa shape index (κ2) is 10.2. The topological polar surface area (TPSA) is 53.4 Å². The van der Waals surface area contributed by atoms with Crippen LogP contribution in [0.5, 0.6) is 0 Å². The molecule has 2 aromatic rings. The molecule has 26 heavy (non-hydrogen) atoms. The summed E-state index contributed by atoms with van der Waals surface area (Å²) in [5.41, 5.74) is 3.53. The quantitative estimate of drug-likeness (QED) is 0.396. The van der Waals surface area contributed by atoms with Gasteiger partial charge >= 0.3 is 0 Å². The first-order valence-corrected chi connectivity index (χ1v) is 9.86. The van der Waals surface area contributed by atoms with Crippen molar-refractivity contribution in [1.82, 2.24) is 20.2 Å². The lowest BCUT2D eigenvalue weighted by molar-refractivity contribution is 0.474. The number of hydrogen-bond acceptors (Lipinski definition) is 4. The van der Waals surface area contributed by atoms with Crippen LogP contribution in [0.2, 0.25) is 0 Å². The van der Waals surface area contributed by atoms with Gasteiger partial charge in [-0.3, -0.25) is 4.98 Å². The Morgan fingerprint density at radius 1 is 1.35 bits per heavy atom. The Hall–Kier alpha value is -1.22. The van der Waals surface area contributed by atoms with Crippen molar-refractivity contribution in [1.29, 1.82) is 0 Å². The molecule has 0 spiro atoms. The summed E-state index contributed by atoms with van der Waals surface area (Å²) in [5.74, 6) is 0.903. The minimum Gasteiger partial charge on any atom is -0.357 e. The summed E-state index contributed by atoms with van der Waals surface area (Å²) >= 11 is 1.87. The summed E-state index contributed by atoms with van der Waals surface area (Å²) < 4.78 is 0. The Kier molecular flexibility index (Phi) is 8.27. The molecular formula is C19H28IN5S. The number of rotatable bonds is 5. The number of pyridine rings is 1. The highest BCUT2D eigenvalue weighted by Gasteiger charge is 2.17. The monoisotopic (exact) mass is 485 g/mol. The van der Waals surface area contributed by atoms with Gasteiger partial charge in [0.25, 0.3) is 0 Å². The van der Waals surface area contributed by atoms with E-state index in [0.717, 1.165) is 31.2 Å². The van der Waals surface area contributed by atoms with Crippen LogP contribution in [0.1, 0.15) is 46.6 Å². The van der Waals surface area contributed by atoms with Crippen LogP contribution in [0.25, 0.3) is 0 Å². The summed E-state index contributed by atoms with van der Waals surface area (Å²) in [6.45, 7) is 6.41. The second-order valence-electron chi connectivity index (χ2n) is 6.48. The number of thiazole rings is 1. The van der Waals surface area contributed by atoms with E-state index >= 15 is 0 Å². The first kappa shape index (κ1) is 21.1. The van der Waals surface area contributed by atoms with E-state index in [1.807, 2.05) is 23.6 Å². The van der Waals surface area contributed by atoms with Gasteiger partial charge in [0.1, 0.15) is 5.01 Å². The minimum atomic E-state index is 0. The average molecular weight is 485 g/mol. The largest absolute Gasteiger partial charge is 0.357 e. The van der Waals surface area contributed by atoms with Gasteiger partial charge in [0.2, 0.25) is 0 Å². The number of aliphatic imine (C=N–C) groups is 1. The molecule has 0 amide bonds. The molecule has 142 valence electrons. The van der Waals surface area contributed by atoms with Gasteiger partial charge in [-0.25, -0.2) is 9.98 Å². The van der Waals surface area contributed by atoms with Gasteiger partial charge in [-0.1, -0.05) is 6.07 Å². The number of halogens is 1. The highest BCUT2D eigenvalue weighted by atomic mass is 127. The van der Waals surface area contributed by atoms with Crippen molar-refractivity contribution in [3.8, 4) is 0 Å². The van der Waals surface area contributed by atoms with E-state index in [-0.39, 0.29) is 24.0 Å². The smallest absolute Gasteiger partial charge is 0.194 e. The van der Waals surface area contributed by atoms with Gasteiger partial charge in [0.05, 0.1) is 24.5 Å². The predicted octanol–water partition coefficient (Wildman–Crippen LogP) is 3.94. The molecule has 7 heteroatoms. The SMILES string of the molecule is CCNC(=NCc1ncccc1C)N(C)Cc1nc2c(s1)CCCC2.I. The number of aryl methyl sites for hydroxylation is 3. The van der Waals surface area contributed by atoms with E-state index in [9.17, 15) is 0 Å². The van der Waals surface area contributed by atoms with Crippen molar-refractivity contribution >= 4 is 41.3 Å². The third-order valence-corrected chi connectivity index (χ3v) is 5.60. The molecule has 1 aliphatic rings. The molecule has 5 nitrogen and oxygen atoms in total. The zero-order chi connectivity index (χ0) is 17.6. The van der Waals surface area contributed by atoms with E-state index < -0.39 is 0 Å². The molecule has 0 fully saturated rings. The Balaban J connectivity index is 0.00000243. The fraction of sp³-hybridized carbons (Fsp3) is 0.526. The fourth-order valence-corrected chi connectivity index (χ4v) is 4.26. The summed E-state index contributed by atoms with van der Waals surface area (Å²) in [6, 6.07) is 4.04. The van der Waals surface area contributed by atoms with E-state index in [0.29, 0.717) is 6.54 Å². The molecule has 0 unspecified atom stereocenters. The number of guanidine groups is 1. The van der Waals surface area contributed by atoms with Crippen molar-refractivity contribution in [2.24, 2.45) is 4.99 Å². The van der Waals surface area contributed by atoms with Crippen LogP contribution in [0, 0.1) is 6.92 Å². The van der Waals surface area contributed by atoms with Crippen LogP contribution in [0.3, 0.4) is 0 Å². The summed E-state index contributed by atoms with van der Waals surface area (Å²) in [4.78, 5) is 17.7. The molecule has 0 saturated heterocycles. The molecule has 3 rings (SSSR count). The maximum Gasteiger partial charge on any atom is 0.194 e. The van der Waals surface area contributed by atoms with Gasteiger partial charge in [-0.05, 0) is 51.2 Å². The van der Waals surface area contributed by atoms with Crippen LogP contribution in [-0.2, 0) is 25.9 Å². The molecule has 1 aliphatic carbocycles. The van der Waals surface area contributed by atoms with Gasteiger partial charge in [-0.2, -0.15) is 0 Å². The molecule has 0 radical (unpaired) electrons. The van der Waals surface area contributed by atoms with E-state index in [1.54, 1.807) is 0 Å². The Morgan fingerprint density at radius 3 is 2.88 bits per heavy atom. The van der Waals surface area contributed by atoms with Crippen molar-refractivity contribution < 1.29 is 0 Å². The number of nitrogens with one attached hydrogen (secondary N) is 1. The molecule has 0 atom stereocenters. The van der Waals surface area contributed by atoms with Crippen LogP contribution in [0.4, 0.5) is 0 Å². The first-order valence-electron chi connectivity index (χ1n) is 9.04. The highest BCUT2D eigenvalue weighted by molar-refractivity contribution is 14.0. The van der Waals surface area contributed by atoms with Crippen LogP contribution >= 0.6 is 35.3 Å². The fourth-order valence-electron chi connectivity index (χ4n) is 3.05. The normalized spacial score (nSPS) is 13.7. The lowest BCUT2D eigenvalue weighted by atomic mass is 10.0. The summed E-state index contributed by atoms with van der Waals surface area (Å²) in [7, 11) is 2.08. The average Bonchev–Trinajstić information content (AvgIpc) is 3.02. The summed E-state index contributed by atoms with van der Waals surface area (Å²) in [6.07, 6.45) is 6.75. The van der Waals surface area contributed by atoms with Crippen LogP contribution < -0.4 is 5.32 Å². The Labute approximate surface area is 177 Å².